The lowest BCUT2D eigenvalue weighted by Gasteiger charge is -2.22. The van der Waals surface area contributed by atoms with Gasteiger partial charge in [0, 0.05) is 32.5 Å². The van der Waals surface area contributed by atoms with Crippen molar-refractivity contribution in [3.63, 3.8) is 0 Å². The number of nitrogens with one attached hydrogen (secondary N) is 2. The van der Waals surface area contributed by atoms with Gasteiger partial charge in [-0.15, -0.1) is 24.0 Å². The second kappa shape index (κ2) is 8.86. The molecule has 0 radical (unpaired) electrons. The van der Waals surface area contributed by atoms with Crippen molar-refractivity contribution in [3.05, 3.63) is 18.2 Å². The summed E-state index contributed by atoms with van der Waals surface area (Å²) >= 11 is 0. The number of fused-ring (bicyclic) bond motifs is 2. The van der Waals surface area contributed by atoms with Crippen molar-refractivity contribution in [2.24, 2.45) is 4.99 Å². The molecule has 2 aliphatic heterocycles. The lowest BCUT2D eigenvalue weighted by molar-refractivity contribution is 0.0992. The molecule has 3 unspecified atom stereocenters. The van der Waals surface area contributed by atoms with Crippen molar-refractivity contribution >= 4 is 29.9 Å². The van der Waals surface area contributed by atoms with E-state index in [-0.39, 0.29) is 24.0 Å². The molecule has 3 heterocycles. The normalized spacial score (nSPS) is 26.2. The van der Waals surface area contributed by atoms with Crippen LogP contribution >= 0.6 is 24.0 Å². The molecule has 2 saturated heterocycles. The van der Waals surface area contributed by atoms with E-state index in [1.54, 1.807) is 0 Å². The minimum absolute atomic E-state index is 0. The highest BCUT2D eigenvalue weighted by atomic mass is 127. The Hall–Kier alpha value is -0.830. The summed E-state index contributed by atoms with van der Waals surface area (Å²) in [5, 5.41) is 6.92. The van der Waals surface area contributed by atoms with E-state index in [2.05, 4.69) is 25.2 Å². The Labute approximate surface area is 155 Å². The molecular weight excluding hydrogens is 405 g/mol. The fourth-order valence-corrected chi connectivity index (χ4v) is 3.41. The minimum Gasteiger partial charge on any atom is -0.373 e. The van der Waals surface area contributed by atoms with Gasteiger partial charge in [0.1, 0.15) is 5.82 Å². The Kier molecular flexibility index (Phi) is 7.13. The SMILES string of the molecule is CN=C(NCCCCn1ccnc1C)NC1CC2CCC1O2.I. The van der Waals surface area contributed by atoms with Gasteiger partial charge in [-0.3, -0.25) is 4.99 Å². The molecule has 0 aliphatic carbocycles. The smallest absolute Gasteiger partial charge is 0.191 e. The van der Waals surface area contributed by atoms with Crippen LogP contribution in [-0.2, 0) is 11.3 Å². The molecular formula is C16H28IN5O. The second-order valence-electron chi connectivity index (χ2n) is 6.23. The quantitative estimate of drug-likeness (QED) is 0.312. The number of aliphatic imine (C=N–C) groups is 1. The van der Waals surface area contributed by atoms with Crippen LogP contribution in [0.15, 0.2) is 17.4 Å². The van der Waals surface area contributed by atoms with Crippen molar-refractivity contribution in [1.82, 2.24) is 20.2 Å². The first kappa shape index (κ1) is 18.5. The number of unbranched alkanes of at least 4 members (excludes halogenated alkanes) is 1. The van der Waals surface area contributed by atoms with Gasteiger partial charge >= 0.3 is 0 Å². The third-order valence-electron chi connectivity index (χ3n) is 4.69. The summed E-state index contributed by atoms with van der Waals surface area (Å²) < 4.78 is 8.07. The zero-order valence-electron chi connectivity index (χ0n) is 14.0. The van der Waals surface area contributed by atoms with Crippen LogP contribution in [0.4, 0.5) is 0 Å². The molecule has 0 saturated carbocycles. The molecule has 1 aromatic rings. The van der Waals surface area contributed by atoms with Crippen LogP contribution < -0.4 is 10.6 Å². The van der Waals surface area contributed by atoms with Crippen molar-refractivity contribution in [2.45, 2.75) is 63.8 Å². The van der Waals surface area contributed by atoms with Crippen LogP contribution in [0.3, 0.4) is 0 Å². The summed E-state index contributed by atoms with van der Waals surface area (Å²) in [6.07, 6.45) is 10.5. The van der Waals surface area contributed by atoms with Crippen LogP contribution in [0.2, 0.25) is 0 Å². The Morgan fingerprint density at radius 1 is 1.43 bits per heavy atom. The van der Waals surface area contributed by atoms with Gasteiger partial charge in [0.2, 0.25) is 0 Å². The van der Waals surface area contributed by atoms with Gasteiger partial charge in [0.05, 0.1) is 18.2 Å². The van der Waals surface area contributed by atoms with Gasteiger partial charge < -0.3 is 19.9 Å². The number of hydrogen-bond acceptors (Lipinski definition) is 3. The van der Waals surface area contributed by atoms with Crippen LogP contribution in [0.1, 0.15) is 37.9 Å². The maximum absolute atomic E-state index is 5.87. The van der Waals surface area contributed by atoms with Gasteiger partial charge in [-0.05, 0) is 39.0 Å². The summed E-state index contributed by atoms with van der Waals surface area (Å²) in [4.78, 5) is 8.56. The maximum atomic E-state index is 5.87. The molecule has 2 N–H and O–H groups in total. The number of aryl methyl sites for hydroxylation is 2. The zero-order valence-corrected chi connectivity index (χ0v) is 16.3. The molecule has 2 aliphatic rings. The van der Waals surface area contributed by atoms with E-state index >= 15 is 0 Å². The molecule has 130 valence electrons. The average molecular weight is 433 g/mol. The van der Waals surface area contributed by atoms with E-state index in [0.29, 0.717) is 18.2 Å². The minimum atomic E-state index is 0. The van der Waals surface area contributed by atoms with Gasteiger partial charge in [-0.25, -0.2) is 4.98 Å². The molecule has 3 atom stereocenters. The Morgan fingerprint density at radius 2 is 2.30 bits per heavy atom. The number of rotatable bonds is 6. The summed E-state index contributed by atoms with van der Waals surface area (Å²) in [5.74, 6) is 1.99. The van der Waals surface area contributed by atoms with E-state index < -0.39 is 0 Å². The fourth-order valence-electron chi connectivity index (χ4n) is 3.41. The number of hydrogen-bond donors (Lipinski definition) is 2. The van der Waals surface area contributed by atoms with Crippen molar-refractivity contribution < 1.29 is 4.74 Å². The summed E-state index contributed by atoms with van der Waals surface area (Å²) in [5.41, 5.74) is 0. The fraction of sp³-hybridized carbons (Fsp3) is 0.750. The second-order valence-corrected chi connectivity index (χ2v) is 6.23. The molecule has 23 heavy (non-hydrogen) atoms. The zero-order chi connectivity index (χ0) is 15.4. The molecule has 6 nitrogen and oxygen atoms in total. The lowest BCUT2D eigenvalue weighted by Crippen LogP contribution is -2.47. The summed E-state index contributed by atoms with van der Waals surface area (Å²) in [6.45, 7) is 4.01. The highest BCUT2D eigenvalue weighted by Crippen LogP contribution is 2.34. The maximum Gasteiger partial charge on any atom is 0.191 e. The summed E-state index contributed by atoms with van der Waals surface area (Å²) in [7, 11) is 1.83. The highest BCUT2D eigenvalue weighted by molar-refractivity contribution is 14.0. The van der Waals surface area contributed by atoms with E-state index in [0.717, 1.165) is 44.1 Å². The molecule has 0 aromatic carbocycles. The number of imidazole rings is 1. The molecule has 0 amide bonds. The third-order valence-corrected chi connectivity index (χ3v) is 4.69. The Balaban J connectivity index is 0.00000192. The predicted molar refractivity (Wildman–Crippen MR) is 102 cm³/mol. The monoisotopic (exact) mass is 433 g/mol. The van der Waals surface area contributed by atoms with Gasteiger partial charge in [0.15, 0.2) is 5.96 Å². The van der Waals surface area contributed by atoms with Crippen molar-refractivity contribution in [2.75, 3.05) is 13.6 Å². The van der Waals surface area contributed by atoms with Crippen LogP contribution in [0, 0.1) is 6.92 Å². The molecule has 1 aromatic heterocycles. The lowest BCUT2D eigenvalue weighted by atomic mass is 9.96. The standard InChI is InChI=1S/C16H27N5O.HI/c1-12-18-8-10-21(12)9-4-3-7-19-16(17-2)20-14-11-13-5-6-15(14)22-13;/h8,10,13-15H,3-7,9,11H2,1-2H3,(H2,17,19,20);1H. The number of halogens is 1. The van der Waals surface area contributed by atoms with E-state index in [9.17, 15) is 0 Å². The first-order valence-corrected chi connectivity index (χ1v) is 8.36. The van der Waals surface area contributed by atoms with Crippen LogP contribution in [0.5, 0.6) is 0 Å². The number of ether oxygens (including phenoxy) is 1. The molecule has 2 fully saturated rings. The first-order chi connectivity index (χ1) is 10.8. The Bertz CT molecular complexity index is 518. The molecule has 0 spiro atoms. The topological polar surface area (TPSA) is 63.5 Å². The predicted octanol–water partition coefficient (Wildman–Crippen LogP) is 2.07. The van der Waals surface area contributed by atoms with E-state index in [1.807, 2.05) is 26.4 Å². The van der Waals surface area contributed by atoms with Crippen molar-refractivity contribution in [1.29, 1.82) is 0 Å². The molecule has 2 bridgehead atoms. The van der Waals surface area contributed by atoms with Gasteiger partial charge in [-0.2, -0.15) is 0 Å². The number of guanidine groups is 1. The average Bonchev–Trinajstić information content (AvgIpc) is 3.23. The van der Waals surface area contributed by atoms with E-state index in [1.165, 1.54) is 12.8 Å². The largest absolute Gasteiger partial charge is 0.373 e. The molecule has 3 rings (SSSR count). The molecule has 7 heteroatoms. The summed E-state index contributed by atoms with van der Waals surface area (Å²) in [6, 6.07) is 0.429. The number of nitrogens with zero attached hydrogens (tertiary/aromatic N) is 3. The van der Waals surface area contributed by atoms with Gasteiger partial charge in [0.25, 0.3) is 0 Å². The van der Waals surface area contributed by atoms with E-state index in [4.69, 9.17) is 4.74 Å². The van der Waals surface area contributed by atoms with Crippen molar-refractivity contribution in [3.8, 4) is 0 Å². The number of aromatic nitrogens is 2. The highest BCUT2D eigenvalue weighted by Gasteiger charge is 2.40. The third kappa shape index (κ3) is 4.82. The van der Waals surface area contributed by atoms with Crippen LogP contribution in [0.25, 0.3) is 0 Å². The van der Waals surface area contributed by atoms with Gasteiger partial charge in [-0.1, -0.05) is 0 Å². The Morgan fingerprint density at radius 3 is 2.91 bits per heavy atom. The first-order valence-electron chi connectivity index (χ1n) is 8.36. The van der Waals surface area contributed by atoms with Crippen LogP contribution in [-0.4, -0.2) is 47.4 Å².